The average molecular weight is 327 g/mol. The van der Waals surface area contributed by atoms with E-state index in [9.17, 15) is 4.79 Å². The number of nitrogens with zero attached hydrogens (tertiary/aromatic N) is 2. The molecule has 4 nitrogen and oxygen atoms in total. The van der Waals surface area contributed by atoms with Crippen LogP contribution in [0, 0.1) is 0 Å². The van der Waals surface area contributed by atoms with E-state index in [1.54, 1.807) is 0 Å². The smallest absolute Gasteiger partial charge is 0.221 e. The molecule has 3 aromatic carbocycles. The van der Waals surface area contributed by atoms with Gasteiger partial charge in [-0.3, -0.25) is 9.36 Å². The molecule has 0 aliphatic carbocycles. The van der Waals surface area contributed by atoms with Gasteiger partial charge in [-0.2, -0.15) is 0 Å². The zero-order valence-electron chi connectivity index (χ0n) is 13.8. The van der Waals surface area contributed by atoms with Crippen molar-refractivity contribution in [2.75, 3.05) is 5.32 Å². The third kappa shape index (κ3) is 2.90. The van der Waals surface area contributed by atoms with E-state index in [1.807, 2.05) is 60.7 Å². The molecule has 0 aliphatic heterocycles. The maximum absolute atomic E-state index is 11.4. The number of aromatic nitrogens is 2. The number of carbonyl (C=O) groups excluding carboxylic acids is 1. The normalized spacial score (nSPS) is 10.8. The number of nitrogens with one attached hydrogen (secondary N) is 1. The van der Waals surface area contributed by atoms with Crippen molar-refractivity contribution in [2.45, 2.75) is 6.92 Å². The van der Waals surface area contributed by atoms with Crippen molar-refractivity contribution in [1.82, 2.24) is 9.55 Å². The van der Waals surface area contributed by atoms with Crippen LogP contribution in [0.15, 0.2) is 78.9 Å². The highest BCUT2D eigenvalue weighted by atomic mass is 16.1. The number of rotatable bonds is 3. The lowest BCUT2D eigenvalue weighted by Crippen LogP contribution is -2.06. The number of anilines is 1. The van der Waals surface area contributed by atoms with Gasteiger partial charge in [0.1, 0.15) is 5.82 Å². The number of benzene rings is 3. The Labute approximate surface area is 145 Å². The van der Waals surface area contributed by atoms with Crippen LogP contribution in [0.4, 0.5) is 5.69 Å². The first-order valence-corrected chi connectivity index (χ1v) is 8.13. The fraction of sp³-hybridized carbons (Fsp3) is 0.0476. The summed E-state index contributed by atoms with van der Waals surface area (Å²) < 4.78 is 2.12. The van der Waals surface area contributed by atoms with Crippen molar-refractivity contribution in [1.29, 1.82) is 0 Å². The Morgan fingerprint density at radius 1 is 0.920 bits per heavy atom. The summed E-state index contributed by atoms with van der Waals surface area (Å²) >= 11 is 0. The second-order valence-corrected chi connectivity index (χ2v) is 5.86. The van der Waals surface area contributed by atoms with E-state index in [0.29, 0.717) is 0 Å². The minimum Gasteiger partial charge on any atom is -0.326 e. The molecule has 0 saturated carbocycles. The molecule has 0 bridgehead atoms. The van der Waals surface area contributed by atoms with E-state index in [2.05, 4.69) is 28.1 Å². The van der Waals surface area contributed by atoms with Gasteiger partial charge in [0.25, 0.3) is 0 Å². The Morgan fingerprint density at radius 2 is 1.68 bits per heavy atom. The number of hydrogen-bond acceptors (Lipinski definition) is 2. The molecule has 0 spiro atoms. The first kappa shape index (κ1) is 15.1. The predicted molar refractivity (Wildman–Crippen MR) is 101 cm³/mol. The Hall–Kier alpha value is -3.40. The molecular formula is C21H17N3O. The van der Waals surface area contributed by atoms with Gasteiger partial charge >= 0.3 is 0 Å². The fourth-order valence-corrected chi connectivity index (χ4v) is 2.99. The summed E-state index contributed by atoms with van der Waals surface area (Å²) in [4.78, 5) is 16.2. The summed E-state index contributed by atoms with van der Waals surface area (Å²) in [5.74, 6) is 0.790. The summed E-state index contributed by atoms with van der Waals surface area (Å²) in [7, 11) is 0. The van der Waals surface area contributed by atoms with Crippen LogP contribution in [0.25, 0.3) is 28.1 Å². The molecule has 1 amide bonds. The SMILES string of the molecule is CC(=O)Nc1cccc(-n2c(-c3ccccc3)nc3ccccc32)c1. The van der Waals surface area contributed by atoms with Crippen molar-refractivity contribution in [3.63, 3.8) is 0 Å². The molecule has 0 radical (unpaired) electrons. The average Bonchev–Trinajstić information content (AvgIpc) is 3.02. The van der Waals surface area contributed by atoms with Crippen molar-refractivity contribution >= 4 is 22.6 Å². The van der Waals surface area contributed by atoms with E-state index in [4.69, 9.17) is 4.98 Å². The molecule has 1 N–H and O–H groups in total. The zero-order chi connectivity index (χ0) is 17.2. The molecule has 122 valence electrons. The van der Waals surface area contributed by atoms with Gasteiger partial charge in [0.05, 0.1) is 11.0 Å². The van der Waals surface area contributed by atoms with Crippen molar-refractivity contribution in [2.24, 2.45) is 0 Å². The standard InChI is InChI=1S/C21H17N3O/c1-15(25)22-17-10-7-11-18(14-17)24-20-13-6-5-12-19(20)23-21(24)16-8-3-2-4-9-16/h2-14H,1H3,(H,22,25). The van der Waals surface area contributed by atoms with Crippen LogP contribution in [0.3, 0.4) is 0 Å². The number of fused-ring (bicyclic) bond motifs is 1. The summed E-state index contributed by atoms with van der Waals surface area (Å²) in [6.45, 7) is 1.51. The lowest BCUT2D eigenvalue weighted by molar-refractivity contribution is -0.114. The second kappa shape index (κ2) is 6.24. The molecule has 4 aromatic rings. The molecule has 0 saturated heterocycles. The van der Waals surface area contributed by atoms with Gasteiger partial charge in [-0.15, -0.1) is 0 Å². The third-order valence-electron chi connectivity index (χ3n) is 4.02. The van der Waals surface area contributed by atoms with Crippen LogP contribution in [-0.4, -0.2) is 15.5 Å². The second-order valence-electron chi connectivity index (χ2n) is 5.86. The van der Waals surface area contributed by atoms with E-state index in [1.165, 1.54) is 6.92 Å². The van der Waals surface area contributed by atoms with Crippen LogP contribution in [-0.2, 0) is 4.79 Å². The highest BCUT2D eigenvalue weighted by Crippen LogP contribution is 2.29. The maximum Gasteiger partial charge on any atom is 0.221 e. The van der Waals surface area contributed by atoms with Gasteiger partial charge in [0.2, 0.25) is 5.91 Å². The summed E-state index contributed by atoms with van der Waals surface area (Å²) in [6, 6.07) is 26.0. The highest BCUT2D eigenvalue weighted by molar-refractivity contribution is 5.89. The molecular weight excluding hydrogens is 310 g/mol. The predicted octanol–water partition coefficient (Wildman–Crippen LogP) is 4.65. The third-order valence-corrected chi connectivity index (χ3v) is 4.02. The topological polar surface area (TPSA) is 46.9 Å². The molecule has 0 fully saturated rings. The minimum atomic E-state index is -0.0871. The van der Waals surface area contributed by atoms with Gasteiger partial charge in [-0.05, 0) is 30.3 Å². The first-order chi connectivity index (χ1) is 12.2. The van der Waals surface area contributed by atoms with Gasteiger partial charge in [-0.1, -0.05) is 48.5 Å². The number of para-hydroxylation sites is 2. The van der Waals surface area contributed by atoms with Crippen LogP contribution in [0.5, 0.6) is 0 Å². The van der Waals surface area contributed by atoms with E-state index >= 15 is 0 Å². The quantitative estimate of drug-likeness (QED) is 0.595. The first-order valence-electron chi connectivity index (χ1n) is 8.13. The van der Waals surface area contributed by atoms with E-state index < -0.39 is 0 Å². The molecule has 1 aromatic heterocycles. The number of amides is 1. The Bertz CT molecular complexity index is 1050. The molecule has 4 heteroatoms. The fourth-order valence-electron chi connectivity index (χ4n) is 2.99. The number of imidazole rings is 1. The van der Waals surface area contributed by atoms with Crippen molar-refractivity contribution in [3.8, 4) is 17.1 Å². The molecule has 0 aliphatic rings. The number of carbonyl (C=O) groups is 1. The maximum atomic E-state index is 11.4. The number of hydrogen-bond donors (Lipinski definition) is 1. The van der Waals surface area contributed by atoms with Gasteiger partial charge in [-0.25, -0.2) is 4.98 Å². The summed E-state index contributed by atoms with van der Waals surface area (Å²) in [6.07, 6.45) is 0. The van der Waals surface area contributed by atoms with E-state index in [-0.39, 0.29) is 5.91 Å². The molecule has 0 unspecified atom stereocenters. The van der Waals surface area contributed by atoms with Crippen LogP contribution < -0.4 is 5.32 Å². The molecule has 4 rings (SSSR count). The molecule has 1 heterocycles. The summed E-state index contributed by atoms with van der Waals surface area (Å²) in [5, 5.41) is 2.84. The van der Waals surface area contributed by atoms with Gasteiger partial charge < -0.3 is 5.32 Å². The lowest BCUT2D eigenvalue weighted by atomic mass is 10.2. The van der Waals surface area contributed by atoms with Crippen molar-refractivity contribution in [3.05, 3.63) is 78.9 Å². The van der Waals surface area contributed by atoms with Gasteiger partial charge in [0, 0.05) is 23.9 Å². The highest BCUT2D eigenvalue weighted by Gasteiger charge is 2.14. The molecule has 25 heavy (non-hydrogen) atoms. The Kier molecular flexibility index (Phi) is 3.78. The zero-order valence-corrected chi connectivity index (χ0v) is 13.8. The van der Waals surface area contributed by atoms with E-state index in [0.717, 1.165) is 33.8 Å². The summed E-state index contributed by atoms with van der Waals surface area (Å²) in [5.41, 5.74) is 4.73. The lowest BCUT2D eigenvalue weighted by Gasteiger charge is -2.11. The monoisotopic (exact) mass is 327 g/mol. The van der Waals surface area contributed by atoms with Crippen LogP contribution in [0.1, 0.15) is 6.92 Å². The Balaban J connectivity index is 1.96. The largest absolute Gasteiger partial charge is 0.326 e. The van der Waals surface area contributed by atoms with Gasteiger partial charge in [0.15, 0.2) is 0 Å². The Morgan fingerprint density at radius 3 is 2.48 bits per heavy atom. The van der Waals surface area contributed by atoms with Crippen LogP contribution in [0.2, 0.25) is 0 Å². The minimum absolute atomic E-state index is 0.0871. The van der Waals surface area contributed by atoms with Crippen molar-refractivity contribution < 1.29 is 4.79 Å². The molecule has 0 atom stereocenters. The van der Waals surface area contributed by atoms with Crippen LogP contribution >= 0.6 is 0 Å².